The molecule has 0 aliphatic heterocycles. The van der Waals surface area contributed by atoms with E-state index in [4.69, 9.17) is 0 Å². The quantitative estimate of drug-likeness (QED) is 0.548. The molecule has 0 radical (unpaired) electrons. The molecule has 4 aromatic rings. The van der Waals surface area contributed by atoms with Crippen LogP contribution >= 0.6 is 15.9 Å². The van der Waals surface area contributed by atoms with Gasteiger partial charge in [-0.15, -0.1) is 0 Å². The minimum atomic E-state index is -0.430. The maximum atomic E-state index is 14.1. The van der Waals surface area contributed by atoms with E-state index < -0.39 is 5.82 Å². The first-order valence-corrected chi connectivity index (χ1v) is 7.79. The Labute approximate surface area is 138 Å². The number of fused-ring (bicyclic) bond motifs is 3. The van der Waals surface area contributed by atoms with Crippen LogP contribution in [0.15, 0.2) is 51.9 Å². The van der Waals surface area contributed by atoms with Crippen LogP contribution in [-0.2, 0) is 0 Å². The van der Waals surface area contributed by atoms with Crippen molar-refractivity contribution in [3.8, 4) is 5.69 Å². The van der Waals surface area contributed by atoms with Gasteiger partial charge in [-0.05, 0) is 36.8 Å². The van der Waals surface area contributed by atoms with Crippen molar-refractivity contribution < 1.29 is 4.39 Å². The van der Waals surface area contributed by atoms with Crippen molar-refractivity contribution in [2.24, 2.45) is 0 Å². The number of nitrogens with zero attached hydrogens (tertiary/aromatic N) is 2. The van der Waals surface area contributed by atoms with E-state index in [-0.39, 0.29) is 11.1 Å². The Hall–Kier alpha value is -2.47. The molecule has 0 spiro atoms. The second kappa shape index (κ2) is 5.03. The summed E-state index contributed by atoms with van der Waals surface area (Å²) in [7, 11) is 0. The molecule has 23 heavy (non-hydrogen) atoms. The van der Waals surface area contributed by atoms with Crippen molar-refractivity contribution >= 4 is 37.7 Å². The number of aromatic nitrogens is 3. The van der Waals surface area contributed by atoms with Crippen LogP contribution in [0.1, 0.15) is 5.56 Å². The van der Waals surface area contributed by atoms with Crippen LogP contribution in [0.2, 0.25) is 0 Å². The van der Waals surface area contributed by atoms with Crippen molar-refractivity contribution in [2.75, 3.05) is 0 Å². The van der Waals surface area contributed by atoms with Gasteiger partial charge in [0.1, 0.15) is 5.52 Å². The highest BCUT2D eigenvalue weighted by molar-refractivity contribution is 9.10. The largest absolute Gasteiger partial charge is 0.290 e. The van der Waals surface area contributed by atoms with Crippen LogP contribution in [0.25, 0.3) is 27.5 Å². The molecular formula is C17H11BrFN3O. The molecule has 0 amide bonds. The number of nitrogens with one attached hydrogen (secondary N) is 1. The maximum absolute atomic E-state index is 14.1. The highest BCUT2D eigenvalue weighted by Gasteiger charge is 2.14. The van der Waals surface area contributed by atoms with Crippen LogP contribution in [0.4, 0.5) is 4.39 Å². The third-order valence-electron chi connectivity index (χ3n) is 3.81. The second-order valence-corrected chi connectivity index (χ2v) is 6.34. The van der Waals surface area contributed by atoms with E-state index in [1.54, 1.807) is 6.07 Å². The van der Waals surface area contributed by atoms with Gasteiger partial charge in [0.2, 0.25) is 0 Å². The van der Waals surface area contributed by atoms with Crippen LogP contribution in [-0.4, -0.2) is 14.8 Å². The zero-order valence-electron chi connectivity index (χ0n) is 12.1. The lowest BCUT2D eigenvalue weighted by Gasteiger charge is -2.02. The number of aryl methyl sites for hydroxylation is 1. The standard InChI is InChI=1S/C17H11BrFN3O/c1-9-3-2-4-11(5-9)22-17(23)13-8-20-16-12(15(13)21-22)6-10(18)7-14(16)19/h2-8,21H,1H3. The van der Waals surface area contributed by atoms with E-state index in [2.05, 4.69) is 26.0 Å². The predicted molar refractivity (Wildman–Crippen MR) is 91.6 cm³/mol. The Balaban J connectivity index is 2.12. The Morgan fingerprint density at radius 2 is 2.04 bits per heavy atom. The van der Waals surface area contributed by atoms with Gasteiger partial charge >= 0.3 is 0 Å². The Bertz CT molecular complexity index is 1130. The summed E-state index contributed by atoms with van der Waals surface area (Å²) in [5, 5.41) is 4.08. The van der Waals surface area contributed by atoms with Gasteiger partial charge in [0, 0.05) is 16.1 Å². The van der Waals surface area contributed by atoms with Gasteiger partial charge < -0.3 is 0 Å². The van der Waals surface area contributed by atoms with Crippen LogP contribution in [0, 0.1) is 12.7 Å². The molecule has 2 aromatic heterocycles. The summed E-state index contributed by atoms with van der Waals surface area (Å²) in [6.07, 6.45) is 1.42. The molecule has 0 aliphatic rings. The molecule has 1 N–H and O–H groups in total. The first kappa shape index (κ1) is 14.1. The fraction of sp³-hybridized carbons (Fsp3) is 0.0588. The van der Waals surface area contributed by atoms with Crippen molar-refractivity contribution in [2.45, 2.75) is 6.92 Å². The SMILES string of the molecule is Cc1cccc(-n2[nH]c3c(cnc4c(F)cc(Br)cc43)c2=O)c1. The monoisotopic (exact) mass is 371 g/mol. The smallest absolute Gasteiger partial charge is 0.280 e. The van der Waals surface area contributed by atoms with Crippen molar-refractivity contribution in [1.29, 1.82) is 0 Å². The van der Waals surface area contributed by atoms with Gasteiger partial charge in [-0.25, -0.2) is 9.07 Å². The molecule has 0 unspecified atom stereocenters. The molecular weight excluding hydrogens is 361 g/mol. The second-order valence-electron chi connectivity index (χ2n) is 5.42. The van der Waals surface area contributed by atoms with Gasteiger partial charge in [0.05, 0.1) is 16.6 Å². The van der Waals surface area contributed by atoms with E-state index in [0.29, 0.717) is 20.8 Å². The minimum absolute atomic E-state index is 0.208. The predicted octanol–water partition coefficient (Wildman–Crippen LogP) is 4.08. The lowest BCUT2D eigenvalue weighted by atomic mass is 10.1. The van der Waals surface area contributed by atoms with Crippen molar-refractivity contribution in [3.63, 3.8) is 0 Å². The molecule has 0 fully saturated rings. The summed E-state index contributed by atoms with van der Waals surface area (Å²) in [5.74, 6) is -0.430. The summed E-state index contributed by atoms with van der Waals surface area (Å²) in [4.78, 5) is 16.7. The summed E-state index contributed by atoms with van der Waals surface area (Å²) in [6, 6.07) is 10.7. The lowest BCUT2D eigenvalue weighted by Crippen LogP contribution is -2.14. The molecule has 0 aliphatic carbocycles. The topological polar surface area (TPSA) is 50.7 Å². The van der Waals surface area contributed by atoms with Crippen molar-refractivity contribution in [3.05, 3.63) is 68.8 Å². The molecule has 114 valence electrons. The number of hydrogen-bond acceptors (Lipinski definition) is 2. The van der Waals surface area contributed by atoms with Crippen molar-refractivity contribution in [1.82, 2.24) is 14.8 Å². The number of rotatable bonds is 1. The Morgan fingerprint density at radius 1 is 1.22 bits per heavy atom. The summed E-state index contributed by atoms with van der Waals surface area (Å²) < 4.78 is 16.1. The minimum Gasteiger partial charge on any atom is -0.290 e. The Kier molecular flexibility index (Phi) is 3.09. The van der Waals surface area contributed by atoms with Gasteiger partial charge in [-0.3, -0.25) is 14.9 Å². The first-order chi connectivity index (χ1) is 11.0. The highest BCUT2D eigenvalue weighted by Crippen LogP contribution is 2.26. The highest BCUT2D eigenvalue weighted by atomic mass is 79.9. The molecule has 0 bridgehead atoms. The molecule has 0 atom stereocenters. The third kappa shape index (κ3) is 2.17. The van der Waals surface area contributed by atoms with Crippen LogP contribution in [0.5, 0.6) is 0 Å². The Morgan fingerprint density at radius 3 is 2.83 bits per heavy atom. The van der Waals surface area contributed by atoms with E-state index >= 15 is 0 Å². The molecule has 0 saturated carbocycles. The molecule has 4 nitrogen and oxygen atoms in total. The van der Waals surface area contributed by atoms with E-state index in [1.807, 2.05) is 31.2 Å². The average Bonchev–Trinajstić information content (AvgIpc) is 2.85. The number of hydrogen-bond donors (Lipinski definition) is 1. The van der Waals surface area contributed by atoms with Gasteiger partial charge in [-0.2, -0.15) is 0 Å². The van der Waals surface area contributed by atoms with Gasteiger partial charge in [0.25, 0.3) is 5.56 Å². The summed E-state index contributed by atoms with van der Waals surface area (Å²) >= 11 is 3.28. The fourth-order valence-corrected chi connectivity index (χ4v) is 3.17. The number of H-pyrrole nitrogens is 1. The van der Waals surface area contributed by atoms with Gasteiger partial charge in [0.15, 0.2) is 5.82 Å². The maximum Gasteiger partial charge on any atom is 0.280 e. The van der Waals surface area contributed by atoms with E-state index in [9.17, 15) is 9.18 Å². The zero-order chi connectivity index (χ0) is 16.1. The van der Waals surface area contributed by atoms with Crippen LogP contribution in [0.3, 0.4) is 0 Å². The molecule has 2 heterocycles. The van der Waals surface area contributed by atoms with E-state index in [1.165, 1.54) is 16.9 Å². The molecule has 4 rings (SSSR count). The average molecular weight is 372 g/mol. The summed E-state index contributed by atoms with van der Waals surface area (Å²) in [6.45, 7) is 1.96. The summed E-state index contributed by atoms with van der Waals surface area (Å²) in [5.41, 5.74) is 2.38. The van der Waals surface area contributed by atoms with Crippen LogP contribution < -0.4 is 5.56 Å². The van der Waals surface area contributed by atoms with E-state index in [0.717, 1.165) is 11.3 Å². The lowest BCUT2D eigenvalue weighted by molar-refractivity contribution is 0.636. The number of halogens is 2. The first-order valence-electron chi connectivity index (χ1n) is 7.00. The molecule has 0 saturated heterocycles. The zero-order valence-corrected chi connectivity index (χ0v) is 13.7. The number of pyridine rings is 1. The number of aromatic amines is 1. The van der Waals surface area contributed by atoms with Gasteiger partial charge in [-0.1, -0.05) is 28.1 Å². The molecule has 6 heteroatoms. The number of benzene rings is 2. The normalized spacial score (nSPS) is 11.4. The third-order valence-corrected chi connectivity index (χ3v) is 4.26. The molecule has 2 aromatic carbocycles. The fourth-order valence-electron chi connectivity index (χ4n) is 2.74.